The number of hydrogen-bond donors (Lipinski definition) is 3. The van der Waals surface area contributed by atoms with Crippen LogP contribution < -0.4 is 20.1 Å². The molecule has 3 atom stereocenters. The lowest BCUT2D eigenvalue weighted by Crippen LogP contribution is -2.55. The molecule has 1 aliphatic rings. The largest absolute Gasteiger partial charge is 0.489 e. The van der Waals surface area contributed by atoms with Gasteiger partial charge in [0.15, 0.2) is 0 Å². The van der Waals surface area contributed by atoms with E-state index in [2.05, 4.69) is 5.32 Å². The Balaban J connectivity index is 1.99. The van der Waals surface area contributed by atoms with E-state index in [0.717, 1.165) is 4.31 Å². The van der Waals surface area contributed by atoms with Gasteiger partial charge in [-0.25, -0.2) is 12.8 Å². The summed E-state index contributed by atoms with van der Waals surface area (Å²) >= 11 is 6.08. The summed E-state index contributed by atoms with van der Waals surface area (Å²) in [5.74, 6) is -2.29. The fourth-order valence-electron chi connectivity index (χ4n) is 4.04. The summed E-state index contributed by atoms with van der Waals surface area (Å²) in [4.78, 5) is 11.8. The highest BCUT2D eigenvalue weighted by atomic mass is 35.5. The van der Waals surface area contributed by atoms with Gasteiger partial charge in [0.2, 0.25) is 10.0 Å². The van der Waals surface area contributed by atoms with E-state index in [1.807, 2.05) is 6.92 Å². The number of carboxylic acids is 1. The van der Waals surface area contributed by atoms with Gasteiger partial charge in [0.1, 0.15) is 29.7 Å². The van der Waals surface area contributed by atoms with E-state index in [1.54, 1.807) is 25.1 Å². The van der Waals surface area contributed by atoms with Gasteiger partial charge in [-0.3, -0.25) is 9.10 Å². The van der Waals surface area contributed by atoms with Crippen molar-refractivity contribution in [3.8, 4) is 5.75 Å². The number of nitrogens with zero attached hydrogens (tertiary/aromatic N) is 1. The molecular weight excluding hydrogens is 513 g/mol. The maximum absolute atomic E-state index is 14.2. The monoisotopic (exact) mass is 543 g/mol. The summed E-state index contributed by atoms with van der Waals surface area (Å²) < 4.78 is 54.1. The fraction of sp³-hybridized carbons (Fsp3) is 0.458. The summed E-state index contributed by atoms with van der Waals surface area (Å²) in [6, 6.07) is 9.01. The number of fused-ring (bicyclic) bond motifs is 1. The summed E-state index contributed by atoms with van der Waals surface area (Å²) in [5.41, 5.74) is 7.07. The van der Waals surface area contributed by atoms with Crippen LogP contribution in [0, 0.1) is 11.7 Å². The Morgan fingerprint density at radius 1 is 1.33 bits per heavy atom. The van der Waals surface area contributed by atoms with Crippen molar-refractivity contribution in [3.05, 3.63) is 58.4 Å². The second-order valence-corrected chi connectivity index (χ2v) is 10.8. The van der Waals surface area contributed by atoms with Crippen LogP contribution in [0.3, 0.4) is 0 Å². The van der Waals surface area contributed by atoms with E-state index >= 15 is 0 Å². The predicted octanol–water partition coefficient (Wildman–Crippen LogP) is 2.75. The minimum Gasteiger partial charge on any atom is -0.489 e. The summed E-state index contributed by atoms with van der Waals surface area (Å²) in [6.45, 7) is 3.84. The summed E-state index contributed by atoms with van der Waals surface area (Å²) in [7, 11) is -4.17. The maximum atomic E-state index is 14.2. The number of sulfonamides is 1. The number of carboxylic acid groups (broad SMARTS) is 1. The van der Waals surface area contributed by atoms with Gasteiger partial charge in [-0.2, -0.15) is 0 Å². The molecule has 0 amide bonds. The molecule has 36 heavy (non-hydrogen) atoms. The number of nitrogens with one attached hydrogen (secondary N) is 1. The number of rotatable bonds is 12. The number of halogens is 2. The van der Waals surface area contributed by atoms with Crippen molar-refractivity contribution in [1.29, 1.82) is 0 Å². The van der Waals surface area contributed by atoms with Gasteiger partial charge in [-0.1, -0.05) is 30.7 Å². The van der Waals surface area contributed by atoms with Gasteiger partial charge in [-0.05, 0) is 43.7 Å². The first-order valence-corrected chi connectivity index (χ1v) is 13.5. The van der Waals surface area contributed by atoms with Crippen LogP contribution in [-0.4, -0.2) is 57.2 Å². The Labute approximate surface area is 215 Å². The lowest BCUT2D eigenvalue weighted by molar-refractivity contribution is -0.141. The number of carbonyl (C=O) groups is 1. The molecule has 9 nitrogen and oxygen atoms in total. The maximum Gasteiger partial charge on any atom is 0.308 e. The van der Waals surface area contributed by atoms with Crippen LogP contribution in [0.1, 0.15) is 25.0 Å². The zero-order valence-corrected chi connectivity index (χ0v) is 21.7. The van der Waals surface area contributed by atoms with Gasteiger partial charge in [0.25, 0.3) is 0 Å². The number of aliphatic carboxylic acids is 1. The molecule has 1 aliphatic heterocycles. The van der Waals surface area contributed by atoms with Crippen LogP contribution in [0.25, 0.3) is 0 Å². The average Bonchev–Trinajstić information content (AvgIpc) is 2.83. The minimum atomic E-state index is -4.17. The zero-order chi connectivity index (χ0) is 26.5. The van der Waals surface area contributed by atoms with E-state index in [4.69, 9.17) is 26.8 Å². The van der Waals surface area contributed by atoms with Crippen LogP contribution in [-0.2, 0) is 32.6 Å². The molecule has 3 unspecified atom stereocenters. The Morgan fingerprint density at radius 3 is 2.72 bits per heavy atom. The molecule has 0 saturated heterocycles. The van der Waals surface area contributed by atoms with Crippen molar-refractivity contribution < 1.29 is 32.2 Å². The molecule has 0 radical (unpaired) electrons. The van der Waals surface area contributed by atoms with Crippen LogP contribution in [0.2, 0.25) is 5.02 Å². The molecule has 0 saturated carbocycles. The van der Waals surface area contributed by atoms with Crippen molar-refractivity contribution in [1.82, 2.24) is 5.32 Å². The van der Waals surface area contributed by atoms with Crippen molar-refractivity contribution in [2.45, 2.75) is 38.4 Å². The number of ether oxygens (including phenoxy) is 2. The molecule has 0 aromatic heterocycles. The number of nitrogens with two attached hydrogens (primary N) is 1. The first-order chi connectivity index (χ1) is 17.1. The lowest BCUT2D eigenvalue weighted by atomic mass is 9.94. The Bertz CT molecular complexity index is 1160. The Kier molecular flexibility index (Phi) is 9.53. The van der Waals surface area contributed by atoms with E-state index < -0.39 is 39.2 Å². The van der Waals surface area contributed by atoms with Crippen LogP contribution in [0.5, 0.6) is 5.75 Å². The summed E-state index contributed by atoms with van der Waals surface area (Å²) in [5, 5.41) is 11.7. The quantitative estimate of drug-likeness (QED) is 0.348. The van der Waals surface area contributed by atoms with E-state index in [0.29, 0.717) is 12.1 Å². The van der Waals surface area contributed by atoms with Gasteiger partial charge in [-0.15, -0.1) is 0 Å². The SMILES string of the molecule is CCNCC(C(N)OCC)S(=O)(=O)N1CC(C(=O)O)Cc2ccc(OCc3c(F)cccc3Cl)cc21. The van der Waals surface area contributed by atoms with Gasteiger partial charge >= 0.3 is 5.97 Å². The molecule has 0 aliphatic carbocycles. The third-order valence-corrected chi connectivity index (χ3v) is 8.50. The topological polar surface area (TPSA) is 131 Å². The molecule has 0 bridgehead atoms. The molecule has 1 heterocycles. The van der Waals surface area contributed by atoms with Crippen LogP contribution >= 0.6 is 11.6 Å². The predicted molar refractivity (Wildman–Crippen MR) is 135 cm³/mol. The molecule has 2 aromatic rings. The number of benzene rings is 2. The molecule has 198 valence electrons. The molecule has 2 aromatic carbocycles. The summed E-state index contributed by atoms with van der Waals surface area (Å²) in [6.07, 6.45) is -0.985. The van der Waals surface area contributed by atoms with Gasteiger partial charge in [0.05, 0.1) is 16.6 Å². The van der Waals surface area contributed by atoms with Crippen molar-refractivity contribution in [2.24, 2.45) is 11.7 Å². The second kappa shape index (κ2) is 12.2. The molecule has 4 N–H and O–H groups in total. The Hall–Kier alpha value is -2.44. The Morgan fingerprint density at radius 2 is 2.08 bits per heavy atom. The van der Waals surface area contributed by atoms with Crippen molar-refractivity contribution in [2.75, 3.05) is 30.5 Å². The minimum absolute atomic E-state index is 0.0194. The van der Waals surface area contributed by atoms with E-state index in [1.165, 1.54) is 18.2 Å². The number of hydrogen-bond acceptors (Lipinski definition) is 7. The lowest BCUT2D eigenvalue weighted by Gasteiger charge is -2.37. The first-order valence-electron chi connectivity index (χ1n) is 11.6. The molecular formula is C24H31ClFN3O6S. The normalized spacial score (nSPS) is 17.4. The van der Waals surface area contributed by atoms with Crippen LogP contribution in [0.15, 0.2) is 36.4 Å². The molecule has 12 heteroatoms. The third kappa shape index (κ3) is 6.27. The van der Waals surface area contributed by atoms with E-state index in [9.17, 15) is 22.7 Å². The van der Waals surface area contributed by atoms with Crippen molar-refractivity contribution >= 4 is 33.3 Å². The van der Waals surface area contributed by atoms with Gasteiger partial charge in [0, 0.05) is 31.3 Å². The smallest absolute Gasteiger partial charge is 0.308 e. The standard InChI is InChI=1S/C24H31ClFN3O6S/c1-3-28-12-22(23(27)34-4-2)36(32,33)29-13-16(24(30)31)10-15-8-9-17(11-21(15)29)35-14-18-19(25)6-5-7-20(18)26/h5-9,11,16,22-23,28H,3-4,10,12-14,27H2,1-2H3,(H,30,31). The van der Waals surface area contributed by atoms with Gasteiger partial charge < -0.3 is 25.6 Å². The fourth-order valence-corrected chi connectivity index (χ4v) is 6.16. The van der Waals surface area contributed by atoms with Crippen LogP contribution in [0.4, 0.5) is 10.1 Å². The average molecular weight is 544 g/mol. The zero-order valence-electron chi connectivity index (χ0n) is 20.1. The highest BCUT2D eigenvalue weighted by molar-refractivity contribution is 7.93. The molecule has 0 fully saturated rings. The number of anilines is 1. The highest BCUT2D eigenvalue weighted by Crippen LogP contribution is 2.37. The first kappa shape index (κ1) is 28.1. The molecule has 3 rings (SSSR count). The molecule has 0 spiro atoms. The highest BCUT2D eigenvalue weighted by Gasteiger charge is 2.42. The van der Waals surface area contributed by atoms with E-state index in [-0.39, 0.29) is 54.7 Å². The van der Waals surface area contributed by atoms with Crippen molar-refractivity contribution in [3.63, 3.8) is 0 Å². The second-order valence-electron chi connectivity index (χ2n) is 8.36. The third-order valence-electron chi connectivity index (χ3n) is 5.98.